The maximum absolute atomic E-state index is 12.5. The number of nitrogens with two attached hydrogens (primary N) is 1. The normalized spacial score (nSPS) is 10.9. The maximum atomic E-state index is 12.5. The third-order valence-corrected chi connectivity index (χ3v) is 5.15. The SMILES string of the molecule is Cc1nc2nc(N)nn2c(C)c1CCC(=O)Nc1ccn(-c2ccc(C#N)cc2Cl)n1. The zero-order chi connectivity index (χ0) is 22.1. The molecule has 10 nitrogen and oxygen atoms in total. The molecule has 4 aromatic rings. The molecule has 156 valence electrons. The van der Waals surface area contributed by atoms with Gasteiger partial charge in [0.25, 0.3) is 5.78 Å². The number of hydrogen-bond acceptors (Lipinski definition) is 7. The zero-order valence-corrected chi connectivity index (χ0v) is 17.6. The largest absolute Gasteiger partial charge is 0.366 e. The molecule has 0 aliphatic heterocycles. The van der Waals surface area contributed by atoms with E-state index in [-0.39, 0.29) is 18.3 Å². The number of amides is 1. The predicted molar refractivity (Wildman–Crippen MR) is 115 cm³/mol. The summed E-state index contributed by atoms with van der Waals surface area (Å²) in [7, 11) is 0. The number of anilines is 2. The summed E-state index contributed by atoms with van der Waals surface area (Å²) in [6, 6.07) is 8.63. The van der Waals surface area contributed by atoms with Crippen molar-refractivity contribution in [3.63, 3.8) is 0 Å². The van der Waals surface area contributed by atoms with Crippen molar-refractivity contribution in [2.24, 2.45) is 0 Å². The van der Waals surface area contributed by atoms with Crippen LogP contribution in [-0.2, 0) is 11.2 Å². The van der Waals surface area contributed by atoms with Gasteiger partial charge in [-0.25, -0.2) is 9.67 Å². The van der Waals surface area contributed by atoms with Crippen LogP contribution in [0.1, 0.15) is 28.9 Å². The Morgan fingerprint density at radius 1 is 1.26 bits per heavy atom. The van der Waals surface area contributed by atoms with Crippen LogP contribution >= 0.6 is 11.6 Å². The molecule has 4 rings (SSSR count). The number of hydrogen-bond donors (Lipinski definition) is 2. The molecule has 3 N–H and O–H groups in total. The van der Waals surface area contributed by atoms with Gasteiger partial charge in [0.05, 0.1) is 22.3 Å². The van der Waals surface area contributed by atoms with Gasteiger partial charge in [0.1, 0.15) is 0 Å². The van der Waals surface area contributed by atoms with E-state index in [0.717, 1.165) is 17.0 Å². The molecule has 0 radical (unpaired) electrons. The van der Waals surface area contributed by atoms with Crippen molar-refractivity contribution in [2.75, 3.05) is 11.1 Å². The highest BCUT2D eigenvalue weighted by Gasteiger charge is 2.15. The minimum absolute atomic E-state index is 0.155. The van der Waals surface area contributed by atoms with Gasteiger partial charge in [-0.1, -0.05) is 11.6 Å². The molecule has 0 bridgehead atoms. The van der Waals surface area contributed by atoms with Crippen LogP contribution in [-0.4, -0.2) is 35.3 Å². The van der Waals surface area contributed by atoms with Crippen LogP contribution < -0.4 is 11.1 Å². The van der Waals surface area contributed by atoms with E-state index in [0.29, 0.717) is 34.3 Å². The topological polar surface area (TPSA) is 140 Å². The van der Waals surface area contributed by atoms with E-state index >= 15 is 0 Å². The van der Waals surface area contributed by atoms with Gasteiger partial charge in [-0.3, -0.25) is 4.79 Å². The summed E-state index contributed by atoms with van der Waals surface area (Å²) in [4.78, 5) is 21.0. The highest BCUT2D eigenvalue weighted by atomic mass is 35.5. The summed E-state index contributed by atoms with van der Waals surface area (Å²) in [5, 5.41) is 20.6. The number of nitriles is 1. The lowest BCUT2D eigenvalue weighted by Crippen LogP contribution is -2.15. The molecular formula is C20H18ClN9O. The van der Waals surface area contributed by atoms with Crippen LogP contribution in [0.4, 0.5) is 11.8 Å². The quantitative estimate of drug-likeness (QED) is 0.490. The first-order valence-electron chi connectivity index (χ1n) is 9.39. The maximum Gasteiger partial charge on any atom is 0.254 e. The van der Waals surface area contributed by atoms with Crippen LogP contribution in [0, 0.1) is 25.2 Å². The predicted octanol–water partition coefficient (Wildman–Crippen LogP) is 2.61. The van der Waals surface area contributed by atoms with Crippen LogP contribution in [0.25, 0.3) is 11.5 Å². The van der Waals surface area contributed by atoms with E-state index in [1.54, 1.807) is 39.7 Å². The summed E-state index contributed by atoms with van der Waals surface area (Å²) >= 11 is 6.22. The van der Waals surface area contributed by atoms with Gasteiger partial charge in [0.15, 0.2) is 5.82 Å². The number of aromatic nitrogens is 6. The second-order valence-electron chi connectivity index (χ2n) is 6.91. The fourth-order valence-electron chi connectivity index (χ4n) is 3.32. The minimum Gasteiger partial charge on any atom is -0.366 e. The van der Waals surface area contributed by atoms with Crippen molar-refractivity contribution < 1.29 is 4.79 Å². The lowest BCUT2D eigenvalue weighted by atomic mass is 10.1. The molecule has 3 aromatic heterocycles. The Kier molecular flexibility index (Phi) is 5.27. The zero-order valence-electron chi connectivity index (χ0n) is 16.8. The first-order valence-corrected chi connectivity index (χ1v) is 9.77. The first-order chi connectivity index (χ1) is 14.9. The molecule has 0 spiro atoms. The lowest BCUT2D eigenvalue weighted by molar-refractivity contribution is -0.116. The van der Waals surface area contributed by atoms with Crippen molar-refractivity contribution in [3.05, 3.63) is 58.0 Å². The van der Waals surface area contributed by atoms with E-state index in [9.17, 15) is 4.79 Å². The number of carbonyl (C=O) groups excluding carboxylic acids is 1. The van der Waals surface area contributed by atoms with Gasteiger partial charge in [0.2, 0.25) is 11.9 Å². The van der Waals surface area contributed by atoms with Gasteiger partial charge in [-0.05, 0) is 44.0 Å². The first kappa shape index (κ1) is 20.3. The Balaban J connectivity index is 1.45. The van der Waals surface area contributed by atoms with Gasteiger partial charge in [-0.15, -0.1) is 5.10 Å². The molecule has 0 atom stereocenters. The molecule has 0 saturated carbocycles. The summed E-state index contributed by atoms with van der Waals surface area (Å²) in [6.07, 6.45) is 2.40. The summed E-state index contributed by atoms with van der Waals surface area (Å²) in [6.45, 7) is 3.76. The number of halogens is 1. The molecule has 11 heteroatoms. The second kappa shape index (κ2) is 8.04. The van der Waals surface area contributed by atoms with E-state index in [2.05, 4.69) is 25.5 Å². The van der Waals surface area contributed by atoms with E-state index in [4.69, 9.17) is 22.6 Å². The Bertz CT molecular complexity index is 1350. The van der Waals surface area contributed by atoms with Gasteiger partial charge in [0, 0.05) is 30.1 Å². The van der Waals surface area contributed by atoms with Crippen LogP contribution in [0.3, 0.4) is 0 Å². The van der Waals surface area contributed by atoms with Crippen molar-refractivity contribution >= 4 is 35.1 Å². The Hall–Kier alpha value is -3.97. The molecule has 0 fully saturated rings. The van der Waals surface area contributed by atoms with E-state index in [1.165, 1.54) is 0 Å². The number of aryl methyl sites for hydroxylation is 2. The average Bonchev–Trinajstić information content (AvgIpc) is 3.33. The molecule has 3 heterocycles. The minimum atomic E-state index is -0.187. The number of benzene rings is 1. The standard InChI is InChI=1S/C20H18ClN9O/c1-11-14(12(2)30-20(24-11)26-19(23)28-30)4-6-18(31)25-17-7-8-29(27-17)16-5-3-13(10-22)9-15(16)21/h3,5,7-9H,4,6H2,1-2H3,(H2,23,28)(H,25,27,31). The smallest absolute Gasteiger partial charge is 0.254 e. The Labute approximate surface area is 182 Å². The average molecular weight is 436 g/mol. The van der Waals surface area contributed by atoms with Crippen molar-refractivity contribution in [1.82, 2.24) is 29.4 Å². The molecule has 31 heavy (non-hydrogen) atoms. The number of carbonyl (C=O) groups is 1. The summed E-state index contributed by atoms with van der Waals surface area (Å²) in [5.41, 5.74) is 9.27. The number of fused-ring (bicyclic) bond motifs is 1. The van der Waals surface area contributed by atoms with Crippen LogP contribution in [0.2, 0.25) is 5.02 Å². The van der Waals surface area contributed by atoms with Crippen LogP contribution in [0.15, 0.2) is 30.5 Å². The van der Waals surface area contributed by atoms with Crippen LogP contribution in [0.5, 0.6) is 0 Å². The molecule has 0 aliphatic rings. The number of rotatable bonds is 5. The second-order valence-corrected chi connectivity index (χ2v) is 7.32. The monoisotopic (exact) mass is 435 g/mol. The Morgan fingerprint density at radius 2 is 2.06 bits per heavy atom. The lowest BCUT2D eigenvalue weighted by Gasteiger charge is -2.10. The van der Waals surface area contributed by atoms with Crippen molar-refractivity contribution in [3.8, 4) is 11.8 Å². The highest BCUT2D eigenvalue weighted by molar-refractivity contribution is 6.32. The molecule has 0 saturated heterocycles. The summed E-state index contributed by atoms with van der Waals surface area (Å²) in [5.74, 6) is 0.806. The van der Waals surface area contributed by atoms with E-state index < -0.39 is 0 Å². The fourth-order valence-corrected chi connectivity index (χ4v) is 3.58. The van der Waals surface area contributed by atoms with Crippen molar-refractivity contribution in [2.45, 2.75) is 26.7 Å². The highest BCUT2D eigenvalue weighted by Crippen LogP contribution is 2.22. The number of nitrogens with zero attached hydrogens (tertiary/aromatic N) is 7. The van der Waals surface area contributed by atoms with Crippen molar-refractivity contribution in [1.29, 1.82) is 5.26 Å². The number of nitrogens with one attached hydrogen (secondary N) is 1. The van der Waals surface area contributed by atoms with Gasteiger partial charge < -0.3 is 11.1 Å². The van der Waals surface area contributed by atoms with Gasteiger partial charge >= 0.3 is 0 Å². The summed E-state index contributed by atoms with van der Waals surface area (Å²) < 4.78 is 3.12. The molecule has 1 aromatic carbocycles. The molecule has 0 unspecified atom stereocenters. The number of nitrogen functional groups attached to an aromatic ring is 1. The fraction of sp³-hybridized carbons (Fsp3) is 0.200. The van der Waals surface area contributed by atoms with Gasteiger partial charge in [-0.2, -0.15) is 19.9 Å². The molecule has 1 amide bonds. The third kappa shape index (κ3) is 4.04. The third-order valence-electron chi connectivity index (χ3n) is 4.85. The molecule has 0 aliphatic carbocycles. The molecular weight excluding hydrogens is 418 g/mol. The Morgan fingerprint density at radius 3 is 2.81 bits per heavy atom. The van der Waals surface area contributed by atoms with E-state index in [1.807, 2.05) is 19.9 Å².